The largest absolute Gasteiger partial charge is 0.354 e. The first kappa shape index (κ1) is 15.2. The predicted octanol–water partition coefficient (Wildman–Crippen LogP) is 2.92. The second-order valence-corrected chi connectivity index (χ2v) is 5.99. The van der Waals surface area contributed by atoms with Crippen LogP contribution in [0.1, 0.15) is 25.8 Å². The van der Waals surface area contributed by atoms with E-state index in [9.17, 15) is 4.79 Å². The molecule has 0 fully saturated rings. The first-order chi connectivity index (χ1) is 11.2. The lowest BCUT2D eigenvalue weighted by Crippen LogP contribution is -2.16. The smallest absolute Gasteiger partial charge is 0.262 e. The highest BCUT2D eigenvalue weighted by atomic mass is 32.1. The van der Waals surface area contributed by atoms with Gasteiger partial charge in [-0.05, 0) is 17.7 Å². The maximum Gasteiger partial charge on any atom is 0.262 e. The molecule has 3 aromatic rings. The van der Waals surface area contributed by atoms with Gasteiger partial charge in [0.05, 0.1) is 18.9 Å². The van der Waals surface area contributed by atoms with Gasteiger partial charge in [0, 0.05) is 18.8 Å². The minimum absolute atomic E-state index is 0.113. The molecule has 3 rings (SSSR count). The van der Waals surface area contributed by atoms with Crippen LogP contribution in [0.25, 0.3) is 12.2 Å². The van der Waals surface area contributed by atoms with Crippen molar-refractivity contribution in [2.24, 2.45) is 0 Å². The molecule has 1 amide bonds. The number of hydrogen-bond acceptors (Lipinski definition) is 4. The van der Waals surface area contributed by atoms with Gasteiger partial charge in [0.25, 0.3) is 5.91 Å². The van der Waals surface area contributed by atoms with Crippen LogP contribution >= 0.6 is 11.3 Å². The van der Waals surface area contributed by atoms with Crippen LogP contribution in [0.2, 0.25) is 0 Å². The number of aromatic nitrogens is 3. The van der Waals surface area contributed by atoms with Crippen molar-refractivity contribution in [1.29, 1.82) is 0 Å². The van der Waals surface area contributed by atoms with Crippen LogP contribution in [0.3, 0.4) is 0 Å². The third kappa shape index (κ3) is 3.92. The summed E-state index contributed by atoms with van der Waals surface area (Å²) >= 11 is 1.36. The Morgan fingerprint density at radius 1 is 1.26 bits per heavy atom. The molecule has 0 saturated heterocycles. The van der Waals surface area contributed by atoms with E-state index in [1.807, 2.05) is 47.4 Å². The van der Waals surface area contributed by atoms with Crippen molar-refractivity contribution in [2.45, 2.75) is 6.54 Å². The number of thiazole rings is 1. The fraction of sp³-hybridized carbons (Fsp3) is 0.118. The topological polar surface area (TPSA) is 59.8 Å². The van der Waals surface area contributed by atoms with Gasteiger partial charge in [0.1, 0.15) is 9.88 Å². The lowest BCUT2D eigenvalue weighted by molar-refractivity contribution is 0.0967. The van der Waals surface area contributed by atoms with Crippen LogP contribution in [0.5, 0.6) is 0 Å². The first-order valence-electron chi connectivity index (χ1n) is 7.17. The lowest BCUT2D eigenvalue weighted by atomic mass is 10.2. The molecule has 2 aromatic heterocycles. The molecule has 0 saturated carbocycles. The van der Waals surface area contributed by atoms with Crippen molar-refractivity contribution in [2.75, 3.05) is 7.05 Å². The molecule has 23 heavy (non-hydrogen) atoms. The summed E-state index contributed by atoms with van der Waals surface area (Å²) in [5.41, 5.74) is 2.21. The molecule has 1 aromatic carbocycles. The second-order valence-electron chi connectivity index (χ2n) is 4.93. The number of benzene rings is 1. The second kappa shape index (κ2) is 7.02. The van der Waals surface area contributed by atoms with Crippen molar-refractivity contribution in [3.8, 4) is 0 Å². The zero-order valence-corrected chi connectivity index (χ0v) is 13.5. The van der Waals surface area contributed by atoms with E-state index in [0.29, 0.717) is 4.88 Å². The number of amides is 1. The van der Waals surface area contributed by atoms with E-state index in [-0.39, 0.29) is 5.91 Å². The summed E-state index contributed by atoms with van der Waals surface area (Å²) in [6.45, 7) is 0.743. The Balaban J connectivity index is 1.66. The van der Waals surface area contributed by atoms with Gasteiger partial charge in [-0.2, -0.15) is 5.10 Å². The highest BCUT2D eigenvalue weighted by Crippen LogP contribution is 2.16. The maximum atomic E-state index is 11.5. The van der Waals surface area contributed by atoms with Crippen LogP contribution in [0.4, 0.5) is 0 Å². The van der Waals surface area contributed by atoms with Gasteiger partial charge >= 0.3 is 0 Å². The molecule has 0 atom stereocenters. The van der Waals surface area contributed by atoms with Crippen molar-refractivity contribution in [3.05, 3.63) is 69.9 Å². The normalized spacial score (nSPS) is 11.0. The molecule has 1 N–H and O–H groups in total. The van der Waals surface area contributed by atoms with Crippen LogP contribution in [-0.4, -0.2) is 27.7 Å². The fourth-order valence-electron chi connectivity index (χ4n) is 2.08. The van der Waals surface area contributed by atoms with E-state index >= 15 is 0 Å². The minimum Gasteiger partial charge on any atom is -0.354 e. The van der Waals surface area contributed by atoms with Crippen LogP contribution < -0.4 is 5.32 Å². The highest BCUT2D eigenvalue weighted by Gasteiger charge is 2.06. The Bertz CT molecular complexity index is 820. The standard InChI is InChI=1S/C17H16N4OS/c1-18-17(22)15-10-19-16(23-15)8-7-14-9-20-21(12-14)11-13-5-3-2-4-6-13/h2-10,12H,11H2,1H3,(H,18,22)/b8-7+. The van der Waals surface area contributed by atoms with Gasteiger partial charge in [-0.25, -0.2) is 4.98 Å². The molecule has 6 heteroatoms. The van der Waals surface area contributed by atoms with Crippen molar-refractivity contribution < 1.29 is 4.79 Å². The molecule has 0 aliphatic heterocycles. The number of rotatable bonds is 5. The maximum absolute atomic E-state index is 11.5. The van der Waals surface area contributed by atoms with Crippen molar-refractivity contribution in [1.82, 2.24) is 20.1 Å². The number of nitrogens with one attached hydrogen (secondary N) is 1. The van der Waals surface area contributed by atoms with Gasteiger partial charge in [0.15, 0.2) is 0 Å². The summed E-state index contributed by atoms with van der Waals surface area (Å²) in [5, 5.41) is 7.73. The van der Waals surface area contributed by atoms with Crippen molar-refractivity contribution in [3.63, 3.8) is 0 Å². The summed E-state index contributed by atoms with van der Waals surface area (Å²) < 4.78 is 1.90. The van der Waals surface area contributed by atoms with Gasteiger partial charge in [-0.15, -0.1) is 11.3 Å². The SMILES string of the molecule is CNC(=O)c1cnc(/C=C/c2cnn(Cc3ccccc3)c2)s1. The number of carbonyl (C=O) groups excluding carboxylic acids is 1. The lowest BCUT2D eigenvalue weighted by Gasteiger charge is -2.00. The minimum atomic E-state index is -0.113. The first-order valence-corrected chi connectivity index (χ1v) is 7.98. The third-order valence-electron chi connectivity index (χ3n) is 3.23. The molecular formula is C17H16N4OS. The Morgan fingerprint density at radius 3 is 2.87 bits per heavy atom. The average molecular weight is 324 g/mol. The number of hydrogen-bond donors (Lipinski definition) is 1. The summed E-state index contributed by atoms with van der Waals surface area (Å²) in [6, 6.07) is 10.2. The molecule has 116 valence electrons. The molecule has 5 nitrogen and oxygen atoms in total. The van der Waals surface area contributed by atoms with E-state index in [1.54, 1.807) is 13.2 Å². The monoisotopic (exact) mass is 324 g/mol. The summed E-state index contributed by atoms with van der Waals surface area (Å²) in [4.78, 5) is 16.3. The highest BCUT2D eigenvalue weighted by molar-refractivity contribution is 7.14. The molecular weight excluding hydrogens is 308 g/mol. The van der Waals surface area contributed by atoms with Crippen LogP contribution in [-0.2, 0) is 6.54 Å². The Labute approximate surface area is 138 Å². The summed E-state index contributed by atoms with van der Waals surface area (Å²) in [5.74, 6) is -0.113. The zero-order valence-electron chi connectivity index (χ0n) is 12.6. The molecule has 0 spiro atoms. The molecule has 0 aliphatic carbocycles. The zero-order chi connectivity index (χ0) is 16.1. The molecule has 0 radical (unpaired) electrons. The van der Waals surface area contributed by atoms with E-state index in [0.717, 1.165) is 17.1 Å². The average Bonchev–Trinajstić information content (AvgIpc) is 3.22. The van der Waals surface area contributed by atoms with E-state index < -0.39 is 0 Å². The Hall–Kier alpha value is -2.73. The van der Waals surface area contributed by atoms with E-state index in [1.165, 1.54) is 16.9 Å². The quantitative estimate of drug-likeness (QED) is 0.785. The van der Waals surface area contributed by atoms with Crippen molar-refractivity contribution >= 4 is 29.4 Å². The number of carbonyl (C=O) groups is 1. The van der Waals surface area contributed by atoms with E-state index in [4.69, 9.17) is 0 Å². The van der Waals surface area contributed by atoms with Gasteiger partial charge in [0.2, 0.25) is 0 Å². The Morgan fingerprint density at radius 2 is 2.09 bits per heavy atom. The molecule has 0 bridgehead atoms. The molecule has 0 aliphatic rings. The van der Waals surface area contributed by atoms with Crippen LogP contribution in [0, 0.1) is 0 Å². The summed E-state index contributed by atoms with van der Waals surface area (Å²) in [6.07, 6.45) is 9.22. The molecule has 0 unspecified atom stereocenters. The Kier molecular flexibility index (Phi) is 4.63. The number of nitrogens with zero attached hydrogens (tertiary/aromatic N) is 3. The van der Waals surface area contributed by atoms with E-state index in [2.05, 4.69) is 27.5 Å². The van der Waals surface area contributed by atoms with Gasteiger partial charge < -0.3 is 5.32 Å². The fourth-order valence-corrected chi connectivity index (χ4v) is 2.85. The third-order valence-corrected chi connectivity index (χ3v) is 4.19. The van der Waals surface area contributed by atoms with Crippen LogP contribution in [0.15, 0.2) is 48.9 Å². The van der Waals surface area contributed by atoms with Gasteiger partial charge in [-0.1, -0.05) is 30.3 Å². The predicted molar refractivity (Wildman–Crippen MR) is 92.2 cm³/mol. The van der Waals surface area contributed by atoms with Gasteiger partial charge in [-0.3, -0.25) is 9.48 Å². The summed E-state index contributed by atoms with van der Waals surface area (Å²) in [7, 11) is 1.61. The molecule has 2 heterocycles.